The van der Waals surface area contributed by atoms with Gasteiger partial charge in [0, 0.05) is 34.4 Å². The van der Waals surface area contributed by atoms with Crippen LogP contribution in [0.3, 0.4) is 0 Å². The van der Waals surface area contributed by atoms with Crippen LogP contribution in [0.1, 0.15) is 35.1 Å². The van der Waals surface area contributed by atoms with E-state index < -0.39 is 0 Å². The predicted molar refractivity (Wildman–Crippen MR) is 145 cm³/mol. The minimum Gasteiger partial charge on any atom is -0.312 e. The number of hydrogen-bond acceptors (Lipinski definition) is 1. The highest BCUT2D eigenvalue weighted by atomic mass is 35.5. The zero-order valence-electron chi connectivity index (χ0n) is 19.7. The van der Waals surface area contributed by atoms with Crippen molar-refractivity contribution < 1.29 is 8.78 Å². The van der Waals surface area contributed by atoms with Gasteiger partial charge in [0.05, 0.1) is 10.0 Å². The molecular formula is C31H25Cl2F2N. The molecule has 0 amide bonds. The van der Waals surface area contributed by atoms with Crippen LogP contribution < -0.4 is 5.32 Å². The third-order valence-corrected chi connectivity index (χ3v) is 8.30. The number of rotatable bonds is 3. The molecule has 182 valence electrons. The van der Waals surface area contributed by atoms with Crippen LogP contribution in [-0.2, 0) is 25.8 Å². The summed E-state index contributed by atoms with van der Waals surface area (Å²) in [5, 5.41) is 4.26. The normalized spacial score (nSPS) is 14.9. The molecule has 0 saturated carbocycles. The molecule has 4 aromatic carbocycles. The summed E-state index contributed by atoms with van der Waals surface area (Å²) in [5.74, 6) is -0.376. The number of nitrogens with one attached hydrogen (secondary N) is 1. The van der Waals surface area contributed by atoms with Gasteiger partial charge >= 0.3 is 0 Å². The lowest BCUT2D eigenvalue weighted by molar-refractivity contribution is 0.564. The van der Waals surface area contributed by atoms with Crippen molar-refractivity contribution in [2.45, 2.75) is 38.6 Å². The van der Waals surface area contributed by atoms with Gasteiger partial charge in [-0.3, -0.25) is 0 Å². The van der Waals surface area contributed by atoms with E-state index in [1.165, 1.54) is 0 Å². The van der Waals surface area contributed by atoms with Crippen molar-refractivity contribution in [3.63, 3.8) is 0 Å². The molecule has 0 atom stereocenters. The van der Waals surface area contributed by atoms with E-state index in [-0.39, 0.29) is 11.6 Å². The summed E-state index contributed by atoms with van der Waals surface area (Å²) >= 11 is 13.9. The average molecular weight is 520 g/mol. The number of halogens is 4. The maximum atomic E-state index is 14.9. The second-order valence-corrected chi connectivity index (χ2v) is 10.4. The van der Waals surface area contributed by atoms with Crippen LogP contribution in [0.15, 0.2) is 60.7 Å². The molecule has 1 nitrogen and oxygen atoms in total. The highest BCUT2D eigenvalue weighted by molar-refractivity contribution is 6.39. The summed E-state index contributed by atoms with van der Waals surface area (Å²) in [5.41, 5.74) is 8.24. The second-order valence-electron chi connectivity index (χ2n) is 9.66. The lowest BCUT2D eigenvalue weighted by atomic mass is 9.88. The molecular weight excluding hydrogens is 495 g/mol. The van der Waals surface area contributed by atoms with E-state index in [4.69, 9.17) is 23.2 Å². The molecule has 36 heavy (non-hydrogen) atoms. The fourth-order valence-electron chi connectivity index (χ4n) is 5.60. The number of hydrogen-bond donors (Lipinski definition) is 1. The van der Waals surface area contributed by atoms with Gasteiger partial charge in [-0.15, -0.1) is 0 Å². The summed E-state index contributed by atoms with van der Waals surface area (Å²) in [7, 11) is 0. The highest BCUT2D eigenvalue weighted by Crippen LogP contribution is 2.43. The van der Waals surface area contributed by atoms with Gasteiger partial charge in [0.2, 0.25) is 0 Å². The van der Waals surface area contributed by atoms with Crippen molar-refractivity contribution in [3.8, 4) is 33.4 Å². The lowest BCUT2D eigenvalue weighted by Gasteiger charge is -2.20. The van der Waals surface area contributed by atoms with E-state index in [0.29, 0.717) is 16.6 Å². The van der Waals surface area contributed by atoms with Crippen molar-refractivity contribution in [2.75, 3.05) is 6.54 Å². The molecule has 0 aromatic heterocycles. The molecule has 0 unspecified atom stereocenters. The van der Waals surface area contributed by atoms with Gasteiger partial charge in [0.1, 0.15) is 11.6 Å². The molecule has 4 aromatic rings. The first-order valence-corrected chi connectivity index (χ1v) is 13.2. The lowest BCUT2D eigenvalue weighted by Crippen LogP contribution is -2.24. The van der Waals surface area contributed by atoms with Crippen molar-refractivity contribution in [1.29, 1.82) is 0 Å². The van der Waals surface area contributed by atoms with Crippen molar-refractivity contribution in [2.24, 2.45) is 0 Å². The van der Waals surface area contributed by atoms with Crippen molar-refractivity contribution in [1.82, 2.24) is 5.32 Å². The van der Waals surface area contributed by atoms with E-state index in [1.807, 2.05) is 42.5 Å². The molecule has 1 aliphatic heterocycles. The van der Waals surface area contributed by atoms with Crippen LogP contribution in [0.2, 0.25) is 10.0 Å². The van der Waals surface area contributed by atoms with E-state index in [2.05, 4.69) is 11.4 Å². The minimum absolute atomic E-state index is 0.159. The zero-order valence-corrected chi connectivity index (χ0v) is 21.2. The van der Waals surface area contributed by atoms with Gasteiger partial charge < -0.3 is 5.32 Å². The Morgan fingerprint density at radius 3 is 1.78 bits per heavy atom. The van der Waals surface area contributed by atoms with Crippen LogP contribution in [-0.4, -0.2) is 6.54 Å². The molecule has 5 heteroatoms. The monoisotopic (exact) mass is 519 g/mol. The standard InChI is InChI=1S/C31H25Cl2F2N/c32-30-23(20-13-18-5-1-2-6-22(18)28(34)15-20)7-3-9-25(30)26-10-4-8-24(31(26)33)21-14-19-11-12-36-17-27(19)29(35)16-21/h3-4,7-10,13-16,36H,1-2,5-6,11-12,17H2. The fraction of sp³-hybridized carbons (Fsp3) is 0.226. The molecule has 1 N–H and O–H groups in total. The number of fused-ring (bicyclic) bond motifs is 2. The molecule has 1 heterocycles. The van der Waals surface area contributed by atoms with Gasteiger partial charge in [-0.05, 0) is 78.6 Å². The van der Waals surface area contributed by atoms with Gasteiger partial charge in [-0.25, -0.2) is 8.78 Å². The maximum absolute atomic E-state index is 14.9. The first-order chi connectivity index (χ1) is 17.5. The number of benzene rings is 4. The summed E-state index contributed by atoms with van der Waals surface area (Å²) in [6.45, 7) is 1.37. The Labute approximate surface area is 220 Å². The summed E-state index contributed by atoms with van der Waals surface area (Å²) < 4.78 is 29.8. The Hall–Kier alpha value is -2.72. The average Bonchev–Trinajstić information content (AvgIpc) is 2.89. The first-order valence-electron chi connectivity index (χ1n) is 12.4. The third-order valence-electron chi connectivity index (χ3n) is 7.48. The van der Waals surface area contributed by atoms with Gasteiger partial charge in [-0.2, -0.15) is 0 Å². The summed E-state index contributed by atoms with van der Waals surface area (Å²) in [6, 6.07) is 18.8. The SMILES string of the molecule is Fc1cc(-c2cccc(-c3cccc(-c4cc(F)c5c(c4)CCNC5)c3Cl)c2Cl)cc2c1CCCC2. The predicted octanol–water partition coefficient (Wildman–Crippen LogP) is 8.80. The summed E-state index contributed by atoms with van der Waals surface area (Å²) in [4.78, 5) is 0. The molecule has 1 aliphatic carbocycles. The van der Waals surface area contributed by atoms with Gasteiger partial charge in [0.15, 0.2) is 0 Å². The minimum atomic E-state index is -0.217. The fourth-order valence-corrected chi connectivity index (χ4v) is 6.28. The van der Waals surface area contributed by atoms with Gasteiger partial charge in [0.25, 0.3) is 0 Å². The van der Waals surface area contributed by atoms with Crippen molar-refractivity contribution in [3.05, 3.63) is 105 Å². The molecule has 0 fully saturated rings. The third kappa shape index (κ3) is 4.14. The van der Waals surface area contributed by atoms with E-state index in [1.54, 1.807) is 12.1 Å². The molecule has 0 saturated heterocycles. The Balaban J connectivity index is 1.44. The van der Waals surface area contributed by atoms with Gasteiger partial charge in [-0.1, -0.05) is 71.7 Å². The van der Waals surface area contributed by atoms with Crippen LogP contribution in [0.4, 0.5) is 8.78 Å². The first kappa shape index (κ1) is 23.7. The molecule has 0 bridgehead atoms. The Morgan fingerprint density at radius 2 is 1.14 bits per heavy atom. The quantitative estimate of drug-likeness (QED) is 0.285. The molecule has 6 rings (SSSR count). The van der Waals surface area contributed by atoms with Crippen LogP contribution in [0.5, 0.6) is 0 Å². The van der Waals surface area contributed by atoms with E-state index in [0.717, 1.165) is 94.3 Å². The Bertz CT molecular complexity index is 1380. The molecule has 2 aliphatic rings. The maximum Gasteiger partial charge on any atom is 0.128 e. The topological polar surface area (TPSA) is 12.0 Å². The highest BCUT2D eigenvalue weighted by Gasteiger charge is 2.20. The van der Waals surface area contributed by atoms with Crippen LogP contribution in [0.25, 0.3) is 33.4 Å². The van der Waals surface area contributed by atoms with Crippen molar-refractivity contribution >= 4 is 23.2 Å². The Kier molecular flexibility index (Phi) is 6.33. The molecule has 0 radical (unpaired) electrons. The second kappa shape index (κ2) is 9.63. The summed E-state index contributed by atoms with van der Waals surface area (Å²) in [6.07, 6.45) is 4.56. The van der Waals surface area contributed by atoms with Crippen LogP contribution >= 0.6 is 23.2 Å². The van der Waals surface area contributed by atoms with E-state index >= 15 is 0 Å². The largest absolute Gasteiger partial charge is 0.312 e. The van der Waals surface area contributed by atoms with Crippen LogP contribution in [0, 0.1) is 11.6 Å². The smallest absolute Gasteiger partial charge is 0.128 e. The number of aryl methyl sites for hydroxylation is 1. The van der Waals surface area contributed by atoms with E-state index in [9.17, 15) is 8.78 Å². The Morgan fingerprint density at radius 1 is 0.611 bits per heavy atom. The zero-order chi connectivity index (χ0) is 24.8. The molecule has 0 spiro atoms.